The third-order valence-corrected chi connectivity index (χ3v) is 2.31. The lowest BCUT2D eigenvalue weighted by Gasteiger charge is -1.94. The zero-order valence-corrected chi connectivity index (χ0v) is 8.16. The van der Waals surface area contributed by atoms with Gasteiger partial charge in [0.1, 0.15) is 5.69 Å². The monoisotopic (exact) mass is 190 g/mol. The van der Waals surface area contributed by atoms with Crippen molar-refractivity contribution in [3.05, 3.63) is 41.8 Å². The molecule has 0 N–H and O–H groups in total. The summed E-state index contributed by atoms with van der Waals surface area (Å²) in [5.41, 5.74) is 1.79. The molecule has 0 amide bonds. The van der Waals surface area contributed by atoms with Gasteiger partial charge in [-0.15, -0.1) is 0 Å². The molecule has 3 heteroatoms. The van der Waals surface area contributed by atoms with Crippen molar-refractivity contribution < 1.29 is 4.39 Å². The van der Waals surface area contributed by atoms with Gasteiger partial charge in [0.25, 0.3) is 0 Å². The van der Waals surface area contributed by atoms with Crippen molar-refractivity contribution in [2.75, 3.05) is 0 Å². The molecular formula is C11H11FN2. The molecule has 0 saturated carbocycles. The summed E-state index contributed by atoms with van der Waals surface area (Å²) in [6.45, 7) is 1.72. The highest BCUT2D eigenvalue weighted by Crippen LogP contribution is 2.22. The molecule has 72 valence electrons. The Hall–Kier alpha value is -1.64. The Kier molecular flexibility index (Phi) is 2.08. The maximum atomic E-state index is 13.6. The van der Waals surface area contributed by atoms with E-state index in [0.29, 0.717) is 11.4 Å². The summed E-state index contributed by atoms with van der Waals surface area (Å²) < 4.78 is 15.2. The third-order valence-electron chi connectivity index (χ3n) is 2.31. The molecule has 0 aliphatic rings. The third kappa shape index (κ3) is 1.31. The lowest BCUT2D eigenvalue weighted by Crippen LogP contribution is -1.92. The molecule has 0 unspecified atom stereocenters. The highest BCUT2D eigenvalue weighted by atomic mass is 19.1. The van der Waals surface area contributed by atoms with E-state index in [2.05, 4.69) is 5.10 Å². The predicted molar refractivity (Wildman–Crippen MR) is 53.3 cm³/mol. The average molecular weight is 190 g/mol. The van der Waals surface area contributed by atoms with Crippen LogP contribution in [0.15, 0.2) is 30.3 Å². The van der Waals surface area contributed by atoms with Gasteiger partial charge in [-0.3, -0.25) is 4.68 Å². The van der Waals surface area contributed by atoms with Gasteiger partial charge >= 0.3 is 0 Å². The molecule has 1 aromatic heterocycles. The van der Waals surface area contributed by atoms with E-state index in [-0.39, 0.29) is 5.82 Å². The summed E-state index contributed by atoms with van der Waals surface area (Å²) in [6, 6.07) is 9.35. The molecule has 2 rings (SSSR count). The van der Waals surface area contributed by atoms with Crippen LogP contribution < -0.4 is 0 Å². The molecule has 1 heterocycles. The first-order chi connectivity index (χ1) is 6.70. The molecule has 0 aliphatic heterocycles. The quantitative estimate of drug-likeness (QED) is 0.675. The zero-order chi connectivity index (χ0) is 10.1. The van der Waals surface area contributed by atoms with E-state index >= 15 is 0 Å². The van der Waals surface area contributed by atoms with Gasteiger partial charge in [-0.2, -0.15) is 5.10 Å². The second-order valence-corrected chi connectivity index (χ2v) is 3.24. The fourth-order valence-electron chi connectivity index (χ4n) is 1.36. The van der Waals surface area contributed by atoms with E-state index in [1.54, 1.807) is 18.7 Å². The molecule has 1 aromatic carbocycles. The van der Waals surface area contributed by atoms with Crippen molar-refractivity contribution in [1.82, 2.24) is 9.78 Å². The van der Waals surface area contributed by atoms with Gasteiger partial charge in [0.15, 0.2) is 5.82 Å². The first-order valence-corrected chi connectivity index (χ1v) is 4.44. The second kappa shape index (κ2) is 3.25. The number of aryl methyl sites for hydroxylation is 1. The van der Waals surface area contributed by atoms with Crippen molar-refractivity contribution in [1.29, 1.82) is 0 Å². The van der Waals surface area contributed by atoms with Crippen LogP contribution in [0.25, 0.3) is 11.3 Å². The number of halogens is 1. The molecule has 0 bridgehead atoms. The minimum absolute atomic E-state index is 0.237. The Bertz CT molecular complexity index is 446. The normalized spacial score (nSPS) is 10.5. The summed E-state index contributed by atoms with van der Waals surface area (Å²) in [5, 5.41) is 4.12. The molecule has 14 heavy (non-hydrogen) atoms. The van der Waals surface area contributed by atoms with Crippen LogP contribution in [0.4, 0.5) is 4.39 Å². The first-order valence-electron chi connectivity index (χ1n) is 4.44. The van der Waals surface area contributed by atoms with Crippen molar-refractivity contribution in [2.24, 2.45) is 7.05 Å². The molecule has 0 spiro atoms. The Balaban J connectivity index is 2.58. The standard InChI is InChI=1S/C11H11FN2/c1-8-10(12)11(13-14(8)2)9-6-4-3-5-7-9/h3-7H,1-2H3. The predicted octanol–water partition coefficient (Wildman–Crippen LogP) is 2.53. The largest absolute Gasteiger partial charge is 0.269 e. The summed E-state index contributed by atoms with van der Waals surface area (Å²) in [6.07, 6.45) is 0. The minimum atomic E-state index is -0.237. The van der Waals surface area contributed by atoms with E-state index in [0.717, 1.165) is 5.56 Å². The summed E-state index contributed by atoms with van der Waals surface area (Å²) in [5.74, 6) is -0.237. The molecule has 0 saturated heterocycles. The number of benzene rings is 1. The number of aromatic nitrogens is 2. The Morgan fingerprint density at radius 1 is 1.21 bits per heavy atom. The molecule has 0 fully saturated rings. The van der Waals surface area contributed by atoms with Crippen LogP contribution in [0.5, 0.6) is 0 Å². The highest BCUT2D eigenvalue weighted by Gasteiger charge is 2.13. The molecule has 0 radical (unpaired) electrons. The van der Waals surface area contributed by atoms with Gasteiger partial charge in [-0.1, -0.05) is 30.3 Å². The maximum absolute atomic E-state index is 13.6. The van der Waals surface area contributed by atoms with Gasteiger partial charge in [0.05, 0.1) is 5.69 Å². The molecule has 0 aliphatic carbocycles. The fraction of sp³-hybridized carbons (Fsp3) is 0.182. The van der Waals surface area contributed by atoms with Gasteiger partial charge < -0.3 is 0 Å². The van der Waals surface area contributed by atoms with Crippen LogP contribution in [0.1, 0.15) is 5.69 Å². The smallest absolute Gasteiger partial charge is 0.171 e. The van der Waals surface area contributed by atoms with Crippen LogP contribution in [-0.2, 0) is 7.05 Å². The van der Waals surface area contributed by atoms with Crippen molar-refractivity contribution in [3.63, 3.8) is 0 Å². The second-order valence-electron chi connectivity index (χ2n) is 3.24. The average Bonchev–Trinajstić information content (AvgIpc) is 2.47. The highest BCUT2D eigenvalue weighted by molar-refractivity contribution is 5.59. The van der Waals surface area contributed by atoms with Crippen LogP contribution in [0, 0.1) is 12.7 Å². The van der Waals surface area contributed by atoms with Gasteiger partial charge in [0, 0.05) is 12.6 Å². The molecule has 2 nitrogen and oxygen atoms in total. The van der Waals surface area contributed by atoms with Gasteiger partial charge in [-0.05, 0) is 6.92 Å². The lowest BCUT2D eigenvalue weighted by atomic mass is 10.1. The molecule has 2 aromatic rings. The number of rotatable bonds is 1. The maximum Gasteiger partial charge on any atom is 0.171 e. The summed E-state index contributed by atoms with van der Waals surface area (Å²) >= 11 is 0. The van der Waals surface area contributed by atoms with E-state index < -0.39 is 0 Å². The summed E-state index contributed by atoms with van der Waals surface area (Å²) in [4.78, 5) is 0. The zero-order valence-electron chi connectivity index (χ0n) is 8.16. The van der Waals surface area contributed by atoms with Crippen molar-refractivity contribution in [2.45, 2.75) is 6.92 Å². The Morgan fingerprint density at radius 3 is 2.36 bits per heavy atom. The van der Waals surface area contributed by atoms with Gasteiger partial charge in [0.2, 0.25) is 0 Å². The number of hydrogen-bond donors (Lipinski definition) is 0. The van der Waals surface area contributed by atoms with Gasteiger partial charge in [-0.25, -0.2) is 4.39 Å². The van der Waals surface area contributed by atoms with Crippen molar-refractivity contribution >= 4 is 0 Å². The van der Waals surface area contributed by atoms with Crippen LogP contribution in [0.2, 0.25) is 0 Å². The molecule has 0 atom stereocenters. The molecular weight excluding hydrogens is 179 g/mol. The minimum Gasteiger partial charge on any atom is -0.269 e. The van der Waals surface area contributed by atoms with E-state index in [4.69, 9.17) is 0 Å². The van der Waals surface area contributed by atoms with Crippen molar-refractivity contribution in [3.8, 4) is 11.3 Å². The number of hydrogen-bond acceptors (Lipinski definition) is 1. The Morgan fingerprint density at radius 2 is 1.86 bits per heavy atom. The van der Waals surface area contributed by atoms with Crippen LogP contribution >= 0.6 is 0 Å². The summed E-state index contributed by atoms with van der Waals surface area (Å²) in [7, 11) is 1.74. The van der Waals surface area contributed by atoms with Crippen LogP contribution in [-0.4, -0.2) is 9.78 Å². The van der Waals surface area contributed by atoms with E-state index in [1.165, 1.54) is 0 Å². The first kappa shape index (κ1) is 8.94. The van der Waals surface area contributed by atoms with E-state index in [1.807, 2.05) is 30.3 Å². The number of nitrogens with zero attached hydrogens (tertiary/aromatic N) is 2. The topological polar surface area (TPSA) is 17.8 Å². The van der Waals surface area contributed by atoms with E-state index in [9.17, 15) is 4.39 Å². The van der Waals surface area contributed by atoms with Crippen LogP contribution in [0.3, 0.4) is 0 Å². The SMILES string of the molecule is Cc1c(F)c(-c2ccccc2)nn1C. The Labute approximate surface area is 82.0 Å². The fourth-order valence-corrected chi connectivity index (χ4v) is 1.36. The lowest BCUT2D eigenvalue weighted by molar-refractivity contribution is 0.612.